The highest BCUT2D eigenvalue weighted by Crippen LogP contribution is 2.31. The third-order valence-electron chi connectivity index (χ3n) is 5.27. The first kappa shape index (κ1) is 17.5. The number of nitrogens with zero attached hydrogens (tertiary/aromatic N) is 3. The van der Waals surface area contributed by atoms with E-state index in [9.17, 15) is 4.39 Å². The highest BCUT2D eigenvalue weighted by molar-refractivity contribution is 5.64. The van der Waals surface area contributed by atoms with E-state index in [4.69, 9.17) is 5.10 Å². The molecule has 0 saturated carbocycles. The van der Waals surface area contributed by atoms with E-state index in [-0.39, 0.29) is 11.7 Å². The molecule has 3 nitrogen and oxygen atoms in total. The van der Waals surface area contributed by atoms with Crippen molar-refractivity contribution in [2.24, 2.45) is 0 Å². The van der Waals surface area contributed by atoms with Crippen LogP contribution in [0, 0.1) is 5.82 Å². The summed E-state index contributed by atoms with van der Waals surface area (Å²) in [7, 11) is 0. The molecular weight excluding hydrogens is 337 g/mol. The summed E-state index contributed by atoms with van der Waals surface area (Å²) in [6.45, 7) is 8.70. The monoisotopic (exact) mass is 361 g/mol. The van der Waals surface area contributed by atoms with Crippen LogP contribution >= 0.6 is 0 Å². The molecule has 1 aliphatic rings. The molecule has 27 heavy (non-hydrogen) atoms. The summed E-state index contributed by atoms with van der Waals surface area (Å²) in [4.78, 5) is 2.29. The molecule has 0 fully saturated rings. The van der Waals surface area contributed by atoms with Gasteiger partial charge in [-0.15, -0.1) is 6.58 Å². The average Bonchev–Trinajstić information content (AvgIpc) is 3.13. The van der Waals surface area contributed by atoms with Crippen molar-refractivity contribution in [3.8, 4) is 11.1 Å². The van der Waals surface area contributed by atoms with Gasteiger partial charge in [0.25, 0.3) is 0 Å². The molecule has 2 aromatic carbocycles. The van der Waals surface area contributed by atoms with Crippen molar-refractivity contribution in [2.75, 3.05) is 18.0 Å². The molecule has 0 amide bonds. The van der Waals surface area contributed by atoms with Crippen molar-refractivity contribution in [3.05, 3.63) is 84.3 Å². The fourth-order valence-corrected chi connectivity index (χ4v) is 3.75. The molecule has 0 aliphatic carbocycles. The number of benzene rings is 2. The summed E-state index contributed by atoms with van der Waals surface area (Å²) < 4.78 is 16.8. The maximum Gasteiger partial charge on any atom is 0.131 e. The minimum atomic E-state index is -0.192. The second-order valence-corrected chi connectivity index (χ2v) is 7.07. The van der Waals surface area contributed by atoms with Gasteiger partial charge in [0.05, 0.1) is 5.69 Å². The lowest BCUT2D eigenvalue weighted by atomic mass is 9.95. The lowest BCUT2D eigenvalue weighted by molar-refractivity contribution is 0.520. The quantitative estimate of drug-likeness (QED) is 0.580. The van der Waals surface area contributed by atoms with Gasteiger partial charge in [-0.2, -0.15) is 5.10 Å². The van der Waals surface area contributed by atoms with Crippen LogP contribution in [0.2, 0.25) is 0 Å². The normalized spacial score (nSPS) is 14.7. The van der Waals surface area contributed by atoms with Gasteiger partial charge in [-0.1, -0.05) is 55.5 Å². The summed E-state index contributed by atoms with van der Waals surface area (Å²) >= 11 is 0. The highest BCUT2D eigenvalue weighted by Gasteiger charge is 2.22. The smallest absolute Gasteiger partial charge is 0.131 e. The Kier molecular flexibility index (Phi) is 4.80. The van der Waals surface area contributed by atoms with Gasteiger partial charge in [0, 0.05) is 37.2 Å². The Morgan fingerprint density at radius 2 is 1.96 bits per heavy atom. The number of fused-ring (bicyclic) bond motifs is 1. The number of aryl methyl sites for hydroxylation is 1. The molecule has 2 heterocycles. The van der Waals surface area contributed by atoms with E-state index in [1.54, 1.807) is 6.07 Å². The zero-order valence-corrected chi connectivity index (χ0v) is 15.6. The molecular formula is C23H24FN3. The Labute approximate surface area is 159 Å². The second kappa shape index (κ2) is 7.39. The minimum absolute atomic E-state index is 0.0352. The molecule has 1 unspecified atom stereocenters. The lowest BCUT2D eigenvalue weighted by Crippen LogP contribution is -2.32. The summed E-state index contributed by atoms with van der Waals surface area (Å²) in [6, 6.07) is 17.3. The Balaban J connectivity index is 1.63. The van der Waals surface area contributed by atoms with Crippen LogP contribution in [-0.4, -0.2) is 22.9 Å². The zero-order chi connectivity index (χ0) is 18.8. The first-order chi connectivity index (χ1) is 13.2. The topological polar surface area (TPSA) is 21.1 Å². The molecule has 0 radical (unpaired) electrons. The largest absolute Gasteiger partial charge is 0.353 e. The second-order valence-electron chi connectivity index (χ2n) is 7.07. The molecule has 0 bridgehead atoms. The van der Waals surface area contributed by atoms with Gasteiger partial charge in [0.1, 0.15) is 11.6 Å². The zero-order valence-electron chi connectivity index (χ0n) is 15.6. The van der Waals surface area contributed by atoms with Gasteiger partial charge in [0.15, 0.2) is 0 Å². The molecule has 4 heteroatoms. The van der Waals surface area contributed by atoms with Crippen LogP contribution in [0.15, 0.2) is 67.3 Å². The number of hydrogen-bond acceptors (Lipinski definition) is 2. The van der Waals surface area contributed by atoms with Crippen LogP contribution in [0.1, 0.15) is 30.5 Å². The van der Waals surface area contributed by atoms with Gasteiger partial charge in [-0.3, -0.25) is 0 Å². The standard InChI is InChI=1S/C23H24FN3/c1-3-12-26-13-7-14-27-23(26)16-22(25-27)17(2)19-10-11-20(21(24)15-19)18-8-5-4-6-9-18/h3-6,8-11,15-17H,1,7,12-14H2,2H3. The fourth-order valence-electron chi connectivity index (χ4n) is 3.75. The molecule has 0 spiro atoms. The van der Waals surface area contributed by atoms with Gasteiger partial charge >= 0.3 is 0 Å². The number of rotatable bonds is 5. The van der Waals surface area contributed by atoms with E-state index < -0.39 is 0 Å². The molecule has 1 aliphatic heterocycles. The SMILES string of the molecule is C=CCN1CCCn2nc(C(C)c3ccc(-c4ccccc4)c(F)c3)cc21. The van der Waals surface area contributed by atoms with Crippen LogP contribution in [-0.2, 0) is 6.54 Å². The number of hydrogen-bond donors (Lipinski definition) is 0. The third-order valence-corrected chi connectivity index (χ3v) is 5.27. The third kappa shape index (κ3) is 3.39. The van der Waals surface area contributed by atoms with Crippen molar-refractivity contribution in [2.45, 2.75) is 25.8 Å². The van der Waals surface area contributed by atoms with E-state index in [0.29, 0.717) is 5.56 Å². The Bertz CT molecular complexity index is 946. The minimum Gasteiger partial charge on any atom is -0.353 e. The maximum absolute atomic E-state index is 14.8. The van der Waals surface area contributed by atoms with Crippen molar-refractivity contribution < 1.29 is 4.39 Å². The predicted octanol–water partition coefficient (Wildman–Crippen LogP) is 5.24. The van der Waals surface area contributed by atoms with Crippen molar-refractivity contribution >= 4 is 5.82 Å². The molecule has 1 atom stereocenters. The van der Waals surface area contributed by atoms with Crippen LogP contribution in [0.5, 0.6) is 0 Å². The molecule has 0 N–H and O–H groups in total. The number of aromatic nitrogens is 2. The summed E-state index contributed by atoms with van der Waals surface area (Å²) in [5, 5.41) is 4.79. The first-order valence-electron chi connectivity index (χ1n) is 9.46. The van der Waals surface area contributed by atoms with Crippen LogP contribution in [0.4, 0.5) is 10.2 Å². The van der Waals surface area contributed by atoms with E-state index in [1.807, 2.05) is 48.5 Å². The summed E-state index contributed by atoms with van der Waals surface area (Å²) in [6.07, 6.45) is 3.00. The Hall–Kier alpha value is -2.88. The number of halogens is 1. The van der Waals surface area contributed by atoms with Gasteiger partial charge in [-0.05, 0) is 23.6 Å². The van der Waals surface area contributed by atoms with Crippen LogP contribution in [0.25, 0.3) is 11.1 Å². The Morgan fingerprint density at radius 1 is 1.15 bits per heavy atom. The lowest BCUT2D eigenvalue weighted by Gasteiger charge is -2.28. The van der Waals surface area contributed by atoms with Crippen molar-refractivity contribution in [1.29, 1.82) is 0 Å². The molecule has 0 saturated heterocycles. The first-order valence-corrected chi connectivity index (χ1v) is 9.46. The summed E-state index contributed by atoms with van der Waals surface area (Å²) in [5.74, 6) is 0.972. The van der Waals surface area contributed by atoms with Crippen molar-refractivity contribution in [1.82, 2.24) is 9.78 Å². The number of anilines is 1. The fraction of sp³-hybridized carbons (Fsp3) is 0.261. The van der Waals surface area contributed by atoms with Gasteiger partial charge < -0.3 is 4.90 Å². The molecule has 1 aromatic heterocycles. The van der Waals surface area contributed by atoms with Crippen LogP contribution in [0.3, 0.4) is 0 Å². The molecule has 4 rings (SSSR count). The van der Waals surface area contributed by atoms with Gasteiger partial charge in [0.2, 0.25) is 0 Å². The van der Waals surface area contributed by atoms with E-state index in [2.05, 4.69) is 29.2 Å². The predicted molar refractivity (Wildman–Crippen MR) is 109 cm³/mol. The van der Waals surface area contributed by atoms with E-state index in [0.717, 1.165) is 48.7 Å². The summed E-state index contributed by atoms with van der Waals surface area (Å²) in [5.41, 5.74) is 3.45. The van der Waals surface area contributed by atoms with Crippen LogP contribution < -0.4 is 4.90 Å². The van der Waals surface area contributed by atoms with Crippen molar-refractivity contribution in [3.63, 3.8) is 0 Å². The average molecular weight is 361 g/mol. The Morgan fingerprint density at radius 3 is 2.70 bits per heavy atom. The van der Waals surface area contributed by atoms with E-state index in [1.165, 1.54) is 0 Å². The molecule has 138 valence electrons. The molecule has 3 aromatic rings. The van der Waals surface area contributed by atoms with Gasteiger partial charge in [-0.25, -0.2) is 9.07 Å². The highest BCUT2D eigenvalue weighted by atomic mass is 19.1. The van der Waals surface area contributed by atoms with E-state index >= 15 is 0 Å². The maximum atomic E-state index is 14.8.